The zero-order chi connectivity index (χ0) is 11.4. The number of halogens is 1. The lowest BCUT2D eigenvalue weighted by Crippen LogP contribution is -2.19. The highest BCUT2D eigenvalue weighted by Crippen LogP contribution is 2.22. The van der Waals surface area contributed by atoms with E-state index in [2.05, 4.69) is 20.9 Å². The van der Waals surface area contributed by atoms with Gasteiger partial charge in [-0.3, -0.25) is 9.78 Å². The highest BCUT2D eigenvalue weighted by Gasteiger charge is 2.20. The van der Waals surface area contributed by atoms with Gasteiger partial charge in [-0.25, -0.2) is 0 Å². The Balaban J connectivity index is 2.00. The van der Waals surface area contributed by atoms with Crippen LogP contribution in [0.2, 0.25) is 0 Å². The Bertz CT molecular complexity index is 375. The minimum absolute atomic E-state index is 0.124. The summed E-state index contributed by atoms with van der Waals surface area (Å²) in [5.41, 5.74) is 0.550. The number of aromatic nitrogens is 1. The highest BCUT2D eigenvalue weighted by molar-refractivity contribution is 9.10. The minimum Gasteiger partial charge on any atom is -0.381 e. The average molecular weight is 284 g/mol. The van der Waals surface area contributed by atoms with Gasteiger partial charge in [0.15, 0.2) is 5.78 Å². The van der Waals surface area contributed by atoms with Gasteiger partial charge in [0.05, 0.1) is 0 Å². The molecule has 86 valence electrons. The molecule has 3 nitrogen and oxygen atoms in total. The van der Waals surface area contributed by atoms with Crippen molar-refractivity contribution < 1.29 is 9.53 Å². The molecule has 1 fully saturated rings. The van der Waals surface area contributed by atoms with E-state index >= 15 is 0 Å². The summed E-state index contributed by atoms with van der Waals surface area (Å²) in [6, 6.07) is 3.67. The molecule has 2 rings (SSSR count). The lowest BCUT2D eigenvalue weighted by atomic mass is 9.93. The van der Waals surface area contributed by atoms with E-state index in [0.29, 0.717) is 18.0 Å². The molecule has 1 saturated heterocycles. The third kappa shape index (κ3) is 2.89. The first kappa shape index (κ1) is 11.7. The van der Waals surface area contributed by atoms with Gasteiger partial charge in [-0.15, -0.1) is 0 Å². The molecule has 1 aromatic rings. The van der Waals surface area contributed by atoms with E-state index < -0.39 is 0 Å². The molecule has 0 aliphatic carbocycles. The lowest BCUT2D eigenvalue weighted by molar-refractivity contribution is 0.0599. The fraction of sp³-hybridized carbons (Fsp3) is 0.500. The molecule has 1 aliphatic heterocycles. The van der Waals surface area contributed by atoms with Crippen LogP contribution >= 0.6 is 15.9 Å². The first-order chi connectivity index (χ1) is 7.77. The largest absolute Gasteiger partial charge is 0.381 e. The molecule has 0 spiro atoms. The maximum absolute atomic E-state index is 12.0. The van der Waals surface area contributed by atoms with Crippen molar-refractivity contribution in [1.29, 1.82) is 0 Å². The van der Waals surface area contributed by atoms with Gasteiger partial charge in [-0.2, -0.15) is 0 Å². The van der Waals surface area contributed by atoms with Gasteiger partial charge < -0.3 is 4.74 Å². The van der Waals surface area contributed by atoms with E-state index in [-0.39, 0.29) is 5.78 Å². The van der Waals surface area contributed by atoms with E-state index in [1.165, 1.54) is 0 Å². The number of Topliss-reactive ketones (excluding diaryl/α,β-unsaturated/α-hetero) is 1. The summed E-state index contributed by atoms with van der Waals surface area (Å²) in [6.07, 6.45) is 4.20. The number of carbonyl (C=O) groups is 1. The van der Waals surface area contributed by atoms with Crippen LogP contribution in [0.3, 0.4) is 0 Å². The van der Waals surface area contributed by atoms with Crippen LogP contribution in [0.5, 0.6) is 0 Å². The highest BCUT2D eigenvalue weighted by atomic mass is 79.9. The number of hydrogen-bond donors (Lipinski definition) is 0. The van der Waals surface area contributed by atoms with Gasteiger partial charge in [0.2, 0.25) is 0 Å². The second-order valence-corrected chi connectivity index (χ2v) is 4.87. The van der Waals surface area contributed by atoms with E-state index in [1.54, 1.807) is 6.20 Å². The number of hydrogen-bond acceptors (Lipinski definition) is 3. The number of ketones is 1. The fourth-order valence-corrected chi connectivity index (χ4v) is 2.38. The van der Waals surface area contributed by atoms with E-state index in [4.69, 9.17) is 4.74 Å². The van der Waals surface area contributed by atoms with Gasteiger partial charge in [-0.05, 0) is 46.8 Å². The van der Waals surface area contributed by atoms with E-state index in [9.17, 15) is 4.79 Å². The summed E-state index contributed by atoms with van der Waals surface area (Å²) in [5, 5.41) is 0. The molecule has 0 N–H and O–H groups in total. The van der Waals surface area contributed by atoms with Crippen LogP contribution in [-0.4, -0.2) is 24.0 Å². The Morgan fingerprint density at radius 1 is 1.50 bits per heavy atom. The van der Waals surface area contributed by atoms with Crippen molar-refractivity contribution in [2.75, 3.05) is 13.2 Å². The van der Waals surface area contributed by atoms with Crippen LogP contribution < -0.4 is 0 Å². The maximum Gasteiger partial charge on any atom is 0.182 e. The fourth-order valence-electron chi connectivity index (χ4n) is 1.90. The molecule has 0 aromatic carbocycles. The topological polar surface area (TPSA) is 39.2 Å². The second-order valence-electron chi connectivity index (χ2n) is 4.02. The quantitative estimate of drug-likeness (QED) is 0.801. The van der Waals surface area contributed by atoms with Gasteiger partial charge in [0.25, 0.3) is 0 Å². The average Bonchev–Trinajstić information content (AvgIpc) is 2.31. The van der Waals surface area contributed by atoms with Crippen molar-refractivity contribution in [1.82, 2.24) is 4.98 Å². The van der Waals surface area contributed by atoms with Crippen LogP contribution in [0.4, 0.5) is 0 Å². The van der Waals surface area contributed by atoms with Gasteiger partial charge in [-0.1, -0.05) is 0 Å². The number of pyridine rings is 1. The van der Waals surface area contributed by atoms with Crippen molar-refractivity contribution in [2.45, 2.75) is 19.3 Å². The third-order valence-corrected chi connectivity index (χ3v) is 3.48. The summed E-state index contributed by atoms with van der Waals surface area (Å²) in [7, 11) is 0. The Kier molecular flexibility index (Phi) is 4.07. The number of carbonyl (C=O) groups excluding carboxylic acids is 1. The molecular formula is C12H14BrNO2. The van der Waals surface area contributed by atoms with Crippen molar-refractivity contribution in [2.24, 2.45) is 5.92 Å². The molecule has 4 heteroatoms. The van der Waals surface area contributed by atoms with Crippen LogP contribution in [0.15, 0.2) is 22.8 Å². The van der Waals surface area contributed by atoms with Gasteiger partial charge in [0, 0.05) is 30.3 Å². The zero-order valence-electron chi connectivity index (χ0n) is 8.99. The standard InChI is InChI=1S/C12H14BrNO2/c13-10-2-1-5-14-12(10)11(15)8-9-3-6-16-7-4-9/h1-2,5,9H,3-4,6-8H2. The molecule has 0 atom stereocenters. The van der Waals surface area contributed by atoms with Gasteiger partial charge in [0.1, 0.15) is 5.69 Å². The number of rotatable bonds is 3. The first-order valence-corrected chi connectivity index (χ1v) is 6.28. The SMILES string of the molecule is O=C(CC1CCOCC1)c1ncccc1Br. The molecule has 0 bridgehead atoms. The predicted molar refractivity (Wildman–Crippen MR) is 64.4 cm³/mol. The molecule has 0 unspecified atom stereocenters. The van der Waals surface area contributed by atoms with Crippen LogP contribution in [-0.2, 0) is 4.74 Å². The monoisotopic (exact) mass is 283 g/mol. The first-order valence-electron chi connectivity index (χ1n) is 5.49. The van der Waals surface area contributed by atoms with Crippen molar-refractivity contribution in [3.05, 3.63) is 28.5 Å². The Morgan fingerprint density at radius 3 is 2.94 bits per heavy atom. The minimum atomic E-state index is 0.124. The number of nitrogens with zero attached hydrogens (tertiary/aromatic N) is 1. The van der Waals surface area contributed by atoms with Crippen LogP contribution in [0.25, 0.3) is 0 Å². The molecule has 0 amide bonds. The van der Waals surface area contributed by atoms with E-state index in [1.807, 2.05) is 12.1 Å². The van der Waals surface area contributed by atoms with Crippen LogP contribution in [0, 0.1) is 5.92 Å². The Hall–Kier alpha value is -0.740. The van der Waals surface area contributed by atoms with E-state index in [0.717, 1.165) is 30.5 Å². The summed E-state index contributed by atoms with van der Waals surface area (Å²) < 4.78 is 6.06. The summed E-state index contributed by atoms with van der Waals surface area (Å²) in [5.74, 6) is 0.578. The van der Waals surface area contributed by atoms with Gasteiger partial charge >= 0.3 is 0 Å². The predicted octanol–water partition coefficient (Wildman–Crippen LogP) is 2.84. The van der Waals surface area contributed by atoms with Crippen molar-refractivity contribution in [3.8, 4) is 0 Å². The van der Waals surface area contributed by atoms with Crippen molar-refractivity contribution in [3.63, 3.8) is 0 Å². The molecular weight excluding hydrogens is 270 g/mol. The third-order valence-electron chi connectivity index (χ3n) is 2.84. The second kappa shape index (κ2) is 5.55. The normalized spacial score (nSPS) is 17.3. The Morgan fingerprint density at radius 2 is 2.25 bits per heavy atom. The molecule has 1 aromatic heterocycles. The molecule has 0 saturated carbocycles. The smallest absolute Gasteiger partial charge is 0.182 e. The lowest BCUT2D eigenvalue weighted by Gasteiger charge is -2.21. The molecule has 1 aliphatic rings. The molecule has 2 heterocycles. The zero-order valence-corrected chi connectivity index (χ0v) is 10.6. The Labute approximate surface area is 103 Å². The number of ether oxygens (including phenoxy) is 1. The van der Waals surface area contributed by atoms with Crippen molar-refractivity contribution >= 4 is 21.7 Å². The molecule has 16 heavy (non-hydrogen) atoms. The summed E-state index contributed by atoms with van der Waals surface area (Å²) >= 11 is 3.35. The molecule has 0 radical (unpaired) electrons. The van der Waals surface area contributed by atoms with Crippen LogP contribution in [0.1, 0.15) is 29.8 Å². The maximum atomic E-state index is 12.0. The summed E-state index contributed by atoms with van der Waals surface area (Å²) in [6.45, 7) is 1.56. The summed E-state index contributed by atoms with van der Waals surface area (Å²) in [4.78, 5) is 16.1.